The van der Waals surface area contributed by atoms with Crippen LogP contribution in [0.5, 0.6) is 0 Å². The van der Waals surface area contributed by atoms with Crippen molar-refractivity contribution in [3.8, 4) is 0 Å². The van der Waals surface area contributed by atoms with Crippen molar-refractivity contribution >= 4 is 17.5 Å². The van der Waals surface area contributed by atoms with E-state index in [1.54, 1.807) is 11.0 Å². The third-order valence-corrected chi connectivity index (χ3v) is 2.82. The first-order chi connectivity index (χ1) is 7.18. The summed E-state index contributed by atoms with van der Waals surface area (Å²) in [5.41, 5.74) is 0.366. The standard InChI is InChI=1S/C10H12ClNO3/c11-9-8(3-5-15-9)10(14)12-4-1-2-7(13)6-12/h3,5,7,13H,1-2,4,6H2/t7-/m0/s1. The van der Waals surface area contributed by atoms with Gasteiger partial charge in [0.15, 0.2) is 0 Å². The van der Waals surface area contributed by atoms with Crippen LogP contribution in [0.2, 0.25) is 5.22 Å². The molecule has 1 atom stereocenters. The molecule has 1 N–H and O–H groups in total. The van der Waals surface area contributed by atoms with E-state index in [0.717, 1.165) is 12.8 Å². The molecule has 0 aromatic carbocycles. The van der Waals surface area contributed by atoms with E-state index < -0.39 is 6.10 Å². The Morgan fingerprint density at radius 1 is 1.67 bits per heavy atom. The number of carbonyl (C=O) groups is 1. The summed E-state index contributed by atoms with van der Waals surface area (Å²) in [4.78, 5) is 13.5. The Bertz CT molecular complexity index is 363. The van der Waals surface area contributed by atoms with E-state index in [9.17, 15) is 9.90 Å². The normalized spacial score (nSPS) is 21.7. The average Bonchev–Trinajstić information content (AvgIpc) is 2.63. The minimum absolute atomic E-state index is 0.111. The van der Waals surface area contributed by atoms with Crippen molar-refractivity contribution < 1.29 is 14.3 Å². The van der Waals surface area contributed by atoms with Gasteiger partial charge in [-0.15, -0.1) is 0 Å². The fourth-order valence-electron chi connectivity index (χ4n) is 1.76. The van der Waals surface area contributed by atoms with Gasteiger partial charge in [-0.05, 0) is 30.5 Å². The molecule has 0 unspecified atom stereocenters. The van der Waals surface area contributed by atoms with Gasteiger partial charge >= 0.3 is 0 Å². The van der Waals surface area contributed by atoms with Crippen LogP contribution in [-0.4, -0.2) is 35.1 Å². The molecule has 1 aliphatic heterocycles. The van der Waals surface area contributed by atoms with Crippen LogP contribution >= 0.6 is 11.6 Å². The van der Waals surface area contributed by atoms with Crippen molar-refractivity contribution in [1.29, 1.82) is 0 Å². The van der Waals surface area contributed by atoms with Crippen LogP contribution < -0.4 is 0 Å². The van der Waals surface area contributed by atoms with Crippen LogP contribution in [0.1, 0.15) is 23.2 Å². The van der Waals surface area contributed by atoms with Crippen LogP contribution in [0.15, 0.2) is 16.7 Å². The van der Waals surface area contributed by atoms with Gasteiger partial charge in [-0.25, -0.2) is 0 Å². The zero-order chi connectivity index (χ0) is 10.8. The van der Waals surface area contributed by atoms with Crippen LogP contribution in [0.4, 0.5) is 0 Å². The summed E-state index contributed by atoms with van der Waals surface area (Å²) in [6.07, 6.45) is 2.54. The number of β-amino-alcohol motifs (C(OH)–C–C–N with tert-alkyl or cyclic N) is 1. The maximum Gasteiger partial charge on any atom is 0.258 e. The number of piperidine rings is 1. The molecule has 0 saturated carbocycles. The van der Waals surface area contributed by atoms with E-state index in [1.165, 1.54) is 6.26 Å². The van der Waals surface area contributed by atoms with Gasteiger partial charge in [-0.1, -0.05) is 0 Å². The molecular weight excluding hydrogens is 218 g/mol. The van der Waals surface area contributed by atoms with Crippen molar-refractivity contribution in [1.82, 2.24) is 4.90 Å². The highest BCUT2D eigenvalue weighted by atomic mass is 35.5. The summed E-state index contributed by atoms with van der Waals surface area (Å²) in [5, 5.41) is 9.56. The van der Waals surface area contributed by atoms with Crippen LogP contribution in [0.25, 0.3) is 0 Å². The number of furan rings is 1. The van der Waals surface area contributed by atoms with E-state index in [1.807, 2.05) is 0 Å². The molecule has 0 radical (unpaired) electrons. The van der Waals surface area contributed by atoms with Crippen molar-refractivity contribution in [3.05, 3.63) is 23.1 Å². The van der Waals surface area contributed by atoms with Gasteiger partial charge in [-0.2, -0.15) is 0 Å². The summed E-state index contributed by atoms with van der Waals surface area (Å²) < 4.78 is 4.86. The number of hydrogen-bond donors (Lipinski definition) is 1. The van der Waals surface area contributed by atoms with E-state index >= 15 is 0 Å². The Kier molecular flexibility index (Phi) is 2.98. The second kappa shape index (κ2) is 4.24. The maximum atomic E-state index is 11.9. The number of rotatable bonds is 1. The van der Waals surface area contributed by atoms with Gasteiger partial charge in [0.1, 0.15) is 0 Å². The van der Waals surface area contributed by atoms with Gasteiger partial charge in [0, 0.05) is 13.1 Å². The summed E-state index contributed by atoms with van der Waals surface area (Å²) >= 11 is 5.71. The summed E-state index contributed by atoms with van der Waals surface area (Å²) in [6.45, 7) is 1.04. The Balaban J connectivity index is 2.11. The lowest BCUT2D eigenvalue weighted by atomic mass is 10.1. The average molecular weight is 230 g/mol. The summed E-state index contributed by atoms with van der Waals surface area (Å²) in [7, 11) is 0. The highest BCUT2D eigenvalue weighted by Crippen LogP contribution is 2.20. The van der Waals surface area contributed by atoms with Gasteiger partial charge in [-0.3, -0.25) is 4.79 Å². The number of carbonyl (C=O) groups excluding carboxylic acids is 1. The number of likely N-dealkylation sites (tertiary alicyclic amines) is 1. The van der Waals surface area contributed by atoms with Crippen LogP contribution in [0.3, 0.4) is 0 Å². The Labute approximate surface area is 92.4 Å². The summed E-state index contributed by atoms with van der Waals surface area (Å²) in [5.74, 6) is -0.174. The van der Waals surface area contributed by atoms with Crippen molar-refractivity contribution in [2.45, 2.75) is 18.9 Å². The van der Waals surface area contributed by atoms with Gasteiger partial charge < -0.3 is 14.4 Å². The van der Waals surface area contributed by atoms with E-state index in [2.05, 4.69) is 0 Å². The first kappa shape index (κ1) is 10.5. The SMILES string of the molecule is O=C(c1ccoc1Cl)N1CCC[C@H](O)C1. The molecule has 1 aromatic heterocycles. The maximum absolute atomic E-state index is 11.9. The lowest BCUT2D eigenvalue weighted by molar-refractivity contribution is 0.0473. The molecule has 4 nitrogen and oxygen atoms in total. The Morgan fingerprint density at radius 2 is 2.47 bits per heavy atom. The zero-order valence-electron chi connectivity index (χ0n) is 8.15. The monoisotopic (exact) mass is 229 g/mol. The second-order valence-corrected chi connectivity index (χ2v) is 4.00. The van der Waals surface area contributed by atoms with E-state index in [0.29, 0.717) is 18.7 Å². The van der Waals surface area contributed by atoms with Crippen molar-refractivity contribution in [3.63, 3.8) is 0 Å². The molecule has 0 spiro atoms. The Morgan fingerprint density at radius 3 is 3.07 bits per heavy atom. The highest BCUT2D eigenvalue weighted by Gasteiger charge is 2.25. The predicted octanol–water partition coefficient (Wildman–Crippen LogP) is 1.53. The smallest absolute Gasteiger partial charge is 0.258 e. The molecule has 2 rings (SSSR count). The fraction of sp³-hybridized carbons (Fsp3) is 0.500. The molecule has 1 aromatic rings. The summed E-state index contributed by atoms with van der Waals surface area (Å²) in [6, 6.07) is 1.55. The van der Waals surface area contributed by atoms with Crippen LogP contribution in [0, 0.1) is 0 Å². The highest BCUT2D eigenvalue weighted by molar-refractivity contribution is 6.32. The van der Waals surface area contributed by atoms with Gasteiger partial charge in [0.05, 0.1) is 17.9 Å². The third-order valence-electron chi connectivity index (χ3n) is 2.53. The molecule has 1 amide bonds. The molecule has 1 fully saturated rings. The number of hydrogen-bond acceptors (Lipinski definition) is 3. The number of amides is 1. The fourth-order valence-corrected chi connectivity index (χ4v) is 1.95. The lowest BCUT2D eigenvalue weighted by Gasteiger charge is -2.29. The molecule has 82 valence electrons. The van der Waals surface area contributed by atoms with E-state index in [-0.39, 0.29) is 11.1 Å². The quantitative estimate of drug-likeness (QED) is 0.795. The molecule has 0 aliphatic carbocycles. The molecule has 0 bridgehead atoms. The van der Waals surface area contributed by atoms with Crippen LogP contribution in [-0.2, 0) is 0 Å². The molecule has 1 saturated heterocycles. The lowest BCUT2D eigenvalue weighted by Crippen LogP contribution is -2.42. The number of nitrogens with zero attached hydrogens (tertiary/aromatic N) is 1. The predicted molar refractivity (Wildman–Crippen MR) is 54.9 cm³/mol. The molecule has 2 heterocycles. The first-order valence-corrected chi connectivity index (χ1v) is 5.26. The third kappa shape index (κ3) is 2.16. The molecule has 5 heteroatoms. The van der Waals surface area contributed by atoms with Gasteiger partial charge in [0.25, 0.3) is 5.91 Å². The minimum atomic E-state index is -0.423. The number of halogens is 1. The van der Waals surface area contributed by atoms with Gasteiger partial charge in [0.2, 0.25) is 5.22 Å². The first-order valence-electron chi connectivity index (χ1n) is 4.89. The topological polar surface area (TPSA) is 53.7 Å². The Hall–Kier alpha value is -1.00. The zero-order valence-corrected chi connectivity index (χ0v) is 8.91. The molecule has 1 aliphatic rings. The largest absolute Gasteiger partial charge is 0.452 e. The molecule has 15 heavy (non-hydrogen) atoms. The molecular formula is C10H12ClNO3. The number of aliphatic hydroxyl groups excluding tert-OH is 1. The number of aliphatic hydroxyl groups is 1. The second-order valence-electron chi connectivity index (χ2n) is 3.66. The van der Waals surface area contributed by atoms with Crippen molar-refractivity contribution in [2.24, 2.45) is 0 Å². The minimum Gasteiger partial charge on any atom is -0.452 e. The van der Waals surface area contributed by atoms with Crippen molar-refractivity contribution in [2.75, 3.05) is 13.1 Å². The van der Waals surface area contributed by atoms with E-state index in [4.69, 9.17) is 16.0 Å².